The maximum Gasteiger partial charge on any atom is 0.126 e. The molecule has 3 rings (SSSR count). The topological polar surface area (TPSA) is 24.9 Å². The van der Waals surface area contributed by atoms with E-state index in [0.29, 0.717) is 0 Å². The zero-order chi connectivity index (χ0) is 11.7. The molecule has 2 heteroatoms. The van der Waals surface area contributed by atoms with Gasteiger partial charge >= 0.3 is 0 Å². The molecule has 0 atom stereocenters. The van der Waals surface area contributed by atoms with Gasteiger partial charge in [0.1, 0.15) is 5.82 Å². The van der Waals surface area contributed by atoms with Crippen LogP contribution >= 0.6 is 0 Å². The molecular formula is C15H14N2. The standard InChI is InChI=1S/C15H14N2/c1-2-16-14-10-9-12-8-7-11-5-3-4-6-13(11)15(12)17-14/h3-10H,2H2,1H3,(H,16,17). The smallest absolute Gasteiger partial charge is 0.126 e. The predicted molar refractivity (Wildman–Crippen MR) is 73.4 cm³/mol. The van der Waals surface area contributed by atoms with Crippen LogP contribution in [0.3, 0.4) is 0 Å². The Hall–Kier alpha value is -2.09. The molecule has 0 unspecified atom stereocenters. The van der Waals surface area contributed by atoms with Crippen molar-refractivity contribution in [3.8, 4) is 0 Å². The van der Waals surface area contributed by atoms with Gasteiger partial charge in [0.2, 0.25) is 0 Å². The van der Waals surface area contributed by atoms with E-state index >= 15 is 0 Å². The molecule has 0 spiro atoms. The highest BCUT2D eigenvalue weighted by Crippen LogP contribution is 2.24. The van der Waals surface area contributed by atoms with Gasteiger partial charge in [-0.2, -0.15) is 0 Å². The van der Waals surface area contributed by atoms with Crippen molar-refractivity contribution in [1.29, 1.82) is 0 Å². The third-order valence-corrected chi connectivity index (χ3v) is 2.94. The van der Waals surface area contributed by atoms with Gasteiger partial charge in [0.25, 0.3) is 0 Å². The Morgan fingerprint density at radius 1 is 0.941 bits per heavy atom. The first-order chi connectivity index (χ1) is 8.38. The van der Waals surface area contributed by atoms with Crippen LogP contribution in [0.15, 0.2) is 48.5 Å². The van der Waals surface area contributed by atoms with Crippen LogP contribution in [0.25, 0.3) is 21.7 Å². The summed E-state index contributed by atoms with van der Waals surface area (Å²) in [4.78, 5) is 4.68. The lowest BCUT2D eigenvalue weighted by molar-refractivity contribution is 1.18. The fourth-order valence-corrected chi connectivity index (χ4v) is 2.14. The first kappa shape index (κ1) is 10.1. The van der Waals surface area contributed by atoms with Crippen molar-refractivity contribution in [2.24, 2.45) is 0 Å². The summed E-state index contributed by atoms with van der Waals surface area (Å²) in [5.41, 5.74) is 1.07. The molecule has 0 bridgehead atoms. The van der Waals surface area contributed by atoms with Gasteiger partial charge in [-0.15, -0.1) is 0 Å². The number of fused-ring (bicyclic) bond motifs is 3. The molecule has 0 saturated carbocycles. The van der Waals surface area contributed by atoms with Crippen molar-refractivity contribution in [2.45, 2.75) is 6.92 Å². The molecule has 0 radical (unpaired) electrons. The molecule has 0 amide bonds. The minimum absolute atomic E-state index is 0.892. The lowest BCUT2D eigenvalue weighted by Crippen LogP contribution is -1.98. The van der Waals surface area contributed by atoms with E-state index in [1.165, 1.54) is 16.2 Å². The maximum atomic E-state index is 4.68. The lowest BCUT2D eigenvalue weighted by Gasteiger charge is -2.06. The predicted octanol–water partition coefficient (Wildman–Crippen LogP) is 3.82. The van der Waals surface area contributed by atoms with Crippen LogP contribution < -0.4 is 5.32 Å². The van der Waals surface area contributed by atoms with Crippen molar-refractivity contribution in [3.05, 3.63) is 48.5 Å². The Morgan fingerprint density at radius 2 is 1.71 bits per heavy atom. The van der Waals surface area contributed by atoms with Crippen molar-refractivity contribution >= 4 is 27.5 Å². The zero-order valence-corrected chi connectivity index (χ0v) is 9.77. The second kappa shape index (κ2) is 4.06. The normalized spacial score (nSPS) is 10.9. The van der Waals surface area contributed by atoms with E-state index in [4.69, 9.17) is 0 Å². The summed E-state index contributed by atoms with van der Waals surface area (Å²) in [6, 6.07) is 16.8. The molecule has 0 fully saturated rings. The zero-order valence-electron chi connectivity index (χ0n) is 9.77. The molecule has 17 heavy (non-hydrogen) atoms. The number of hydrogen-bond donors (Lipinski definition) is 1. The van der Waals surface area contributed by atoms with Crippen LogP contribution in [-0.4, -0.2) is 11.5 Å². The summed E-state index contributed by atoms with van der Waals surface area (Å²) in [7, 11) is 0. The van der Waals surface area contributed by atoms with Crippen LogP contribution in [0.2, 0.25) is 0 Å². The van der Waals surface area contributed by atoms with Crippen LogP contribution in [0.4, 0.5) is 5.82 Å². The van der Waals surface area contributed by atoms with Crippen molar-refractivity contribution in [1.82, 2.24) is 4.98 Å². The third kappa shape index (κ3) is 1.72. The minimum Gasteiger partial charge on any atom is -0.370 e. The molecular weight excluding hydrogens is 208 g/mol. The molecule has 2 aromatic carbocycles. The molecule has 2 nitrogen and oxygen atoms in total. The van der Waals surface area contributed by atoms with Crippen molar-refractivity contribution in [3.63, 3.8) is 0 Å². The van der Waals surface area contributed by atoms with Gasteiger partial charge in [0, 0.05) is 17.3 Å². The molecule has 0 aliphatic carbocycles. The van der Waals surface area contributed by atoms with E-state index in [-0.39, 0.29) is 0 Å². The number of benzene rings is 2. The average Bonchev–Trinajstić information content (AvgIpc) is 2.39. The Kier molecular flexibility index (Phi) is 2.41. The molecule has 0 aliphatic rings. The van der Waals surface area contributed by atoms with Crippen LogP contribution in [-0.2, 0) is 0 Å². The van der Waals surface area contributed by atoms with Crippen molar-refractivity contribution in [2.75, 3.05) is 11.9 Å². The van der Waals surface area contributed by atoms with Gasteiger partial charge in [-0.1, -0.05) is 36.4 Å². The second-order valence-electron chi connectivity index (χ2n) is 4.09. The number of aromatic nitrogens is 1. The van der Waals surface area contributed by atoms with Crippen molar-refractivity contribution < 1.29 is 0 Å². The fourth-order valence-electron chi connectivity index (χ4n) is 2.14. The first-order valence-corrected chi connectivity index (χ1v) is 5.91. The summed E-state index contributed by atoms with van der Waals surface area (Å²) in [6.45, 7) is 2.97. The van der Waals surface area contributed by atoms with E-state index in [1.807, 2.05) is 6.07 Å². The van der Waals surface area contributed by atoms with E-state index in [1.54, 1.807) is 0 Å². The summed E-state index contributed by atoms with van der Waals surface area (Å²) in [5.74, 6) is 0.941. The average molecular weight is 222 g/mol. The maximum absolute atomic E-state index is 4.68. The fraction of sp³-hybridized carbons (Fsp3) is 0.133. The van der Waals surface area contributed by atoms with Gasteiger partial charge in [-0.3, -0.25) is 0 Å². The van der Waals surface area contributed by atoms with E-state index < -0.39 is 0 Å². The molecule has 3 aromatic rings. The molecule has 1 heterocycles. The largest absolute Gasteiger partial charge is 0.370 e. The summed E-state index contributed by atoms with van der Waals surface area (Å²) < 4.78 is 0. The molecule has 0 saturated heterocycles. The number of anilines is 1. The van der Waals surface area contributed by atoms with Crippen LogP contribution in [0.1, 0.15) is 6.92 Å². The quantitative estimate of drug-likeness (QED) is 0.667. The van der Waals surface area contributed by atoms with E-state index in [9.17, 15) is 0 Å². The first-order valence-electron chi connectivity index (χ1n) is 5.91. The van der Waals surface area contributed by atoms with Gasteiger partial charge in [-0.25, -0.2) is 4.98 Å². The Morgan fingerprint density at radius 3 is 2.59 bits per heavy atom. The Labute approximate surface area is 100 Å². The van der Waals surface area contributed by atoms with Crippen LogP contribution in [0.5, 0.6) is 0 Å². The number of rotatable bonds is 2. The highest BCUT2D eigenvalue weighted by Gasteiger charge is 2.02. The summed E-state index contributed by atoms with van der Waals surface area (Å²) in [6.07, 6.45) is 0. The number of nitrogens with one attached hydrogen (secondary N) is 1. The number of pyridine rings is 1. The van der Waals surface area contributed by atoms with Gasteiger partial charge in [0.15, 0.2) is 0 Å². The Bertz CT molecular complexity index is 674. The highest BCUT2D eigenvalue weighted by atomic mass is 15.0. The lowest BCUT2D eigenvalue weighted by atomic mass is 10.1. The third-order valence-electron chi connectivity index (χ3n) is 2.94. The number of nitrogens with zero attached hydrogens (tertiary/aromatic N) is 1. The van der Waals surface area contributed by atoms with E-state index in [2.05, 4.69) is 59.7 Å². The SMILES string of the molecule is CCNc1ccc2ccc3ccccc3c2n1. The molecule has 1 aromatic heterocycles. The summed E-state index contributed by atoms with van der Waals surface area (Å²) in [5, 5.41) is 6.89. The number of hydrogen-bond acceptors (Lipinski definition) is 2. The van der Waals surface area contributed by atoms with Crippen LogP contribution in [0, 0.1) is 0 Å². The molecule has 84 valence electrons. The molecule has 1 N–H and O–H groups in total. The van der Waals surface area contributed by atoms with Gasteiger partial charge in [-0.05, 0) is 24.4 Å². The Balaban J connectivity index is 2.34. The van der Waals surface area contributed by atoms with Gasteiger partial charge < -0.3 is 5.32 Å². The summed E-state index contributed by atoms with van der Waals surface area (Å²) >= 11 is 0. The van der Waals surface area contributed by atoms with Gasteiger partial charge in [0.05, 0.1) is 5.52 Å². The van der Waals surface area contributed by atoms with E-state index in [0.717, 1.165) is 17.9 Å². The highest BCUT2D eigenvalue weighted by molar-refractivity contribution is 6.05. The monoisotopic (exact) mass is 222 g/mol. The molecule has 0 aliphatic heterocycles. The second-order valence-corrected chi connectivity index (χ2v) is 4.09. The minimum atomic E-state index is 0.892.